The Morgan fingerprint density at radius 1 is 1.27 bits per heavy atom. The zero-order chi connectivity index (χ0) is 11.6. The van der Waals surface area contributed by atoms with Crippen molar-refractivity contribution in [1.29, 1.82) is 0 Å². The molecule has 3 atom stereocenters. The summed E-state index contributed by atoms with van der Waals surface area (Å²) < 4.78 is 0. The van der Waals surface area contributed by atoms with Crippen LogP contribution < -0.4 is 5.32 Å². The normalized spacial score (nSPS) is 33.0. The molecule has 1 aliphatic rings. The largest absolute Gasteiger partial charge is 0.316 e. The van der Waals surface area contributed by atoms with Crippen LogP contribution in [0.5, 0.6) is 0 Å². The van der Waals surface area contributed by atoms with E-state index in [1.807, 2.05) is 0 Å². The van der Waals surface area contributed by atoms with Crippen molar-refractivity contribution in [3.8, 4) is 0 Å². The van der Waals surface area contributed by atoms with Gasteiger partial charge in [0.25, 0.3) is 0 Å². The SMILES string of the molecule is CNC(C(C)C)C1CCC(C)(C)CC1C. The minimum Gasteiger partial charge on any atom is -0.316 e. The van der Waals surface area contributed by atoms with E-state index in [2.05, 4.69) is 47.0 Å². The van der Waals surface area contributed by atoms with Crippen LogP contribution in [0.4, 0.5) is 0 Å². The summed E-state index contributed by atoms with van der Waals surface area (Å²) in [4.78, 5) is 0. The van der Waals surface area contributed by atoms with Gasteiger partial charge in [0, 0.05) is 6.04 Å². The first kappa shape index (κ1) is 13.0. The lowest BCUT2D eigenvalue weighted by Crippen LogP contribution is -2.44. The third kappa shape index (κ3) is 3.21. The van der Waals surface area contributed by atoms with Gasteiger partial charge in [0.1, 0.15) is 0 Å². The lowest BCUT2D eigenvalue weighted by molar-refractivity contribution is 0.0896. The third-order valence-corrected chi connectivity index (χ3v) is 4.27. The van der Waals surface area contributed by atoms with Gasteiger partial charge in [0.15, 0.2) is 0 Å². The minimum absolute atomic E-state index is 0.575. The molecular formula is C14H29N. The van der Waals surface area contributed by atoms with E-state index >= 15 is 0 Å². The molecule has 0 saturated heterocycles. The van der Waals surface area contributed by atoms with Gasteiger partial charge in [-0.15, -0.1) is 0 Å². The summed E-state index contributed by atoms with van der Waals surface area (Å²) >= 11 is 0. The van der Waals surface area contributed by atoms with E-state index in [0.29, 0.717) is 11.5 Å². The van der Waals surface area contributed by atoms with E-state index in [0.717, 1.165) is 17.8 Å². The number of hydrogen-bond donors (Lipinski definition) is 1. The molecule has 0 spiro atoms. The molecule has 90 valence electrons. The molecule has 0 aromatic carbocycles. The summed E-state index contributed by atoms with van der Waals surface area (Å²) in [5.74, 6) is 2.50. The molecule has 0 bridgehead atoms. The van der Waals surface area contributed by atoms with Crippen molar-refractivity contribution in [3.63, 3.8) is 0 Å². The molecule has 1 fully saturated rings. The van der Waals surface area contributed by atoms with Crippen LogP contribution in [0.2, 0.25) is 0 Å². The van der Waals surface area contributed by atoms with E-state index in [-0.39, 0.29) is 0 Å². The summed E-state index contributed by atoms with van der Waals surface area (Å²) in [5.41, 5.74) is 0.575. The van der Waals surface area contributed by atoms with E-state index < -0.39 is 0 Å². The second kappa shape index (κ2) is 4.86. The van der Waals surface area contributed by atoms with E-state index in [1.165, 1.54) is 19.3 Å². The number of rotatable bonds is 3. The first-order valence-electron chi connectivity index (χ1n) is 6.54. The van der Waals surface area contributed by atoms with Gasteiger partial charge in [0.2, 0.25) is 0 Å². The van der Waals surface area contributed by atoms with Crippen LogP contribution >= 0.6 is 0 Å². The Balaban J connectivity index is 2.64. The van der Waals surface area contributed by atoms with Crippen LogP contribution in [0, 0.1) is 23.2 Å². The van der Waals surface area contributed by atoms with Crippen molar-refractivity contribution in [2.45, 2.75) is 59.9 Å². The Bertz CT molecular complexity index is 196. The van der Waals surface area contributed by atoms with Crippen molar-refractivity contribution < 1.29 is 0 Å². The molecule has 0 heterocycles. The van der Waals surface area contributed by atoms with E-state index in [9.17, 15) is 0 Å². The van der Waals surface area contributed by atoms with Crippen LogP contribution in [0.3, 0.4) is 0 Å². The molecule has 0 aliphatic heterocycles. The first-order chi connectivity index (χ1) is 6.87. The summed E-state index contributed by atoms with van der Waals surface area (Å²) in [6.45, 7) is 12.0. The van der Waals surface area contributed by atoms with Gasteiger partial charge in [0.05, 0.1) is 0 Å². The fraction of sp³-hybridized carbons (Fsp3) is 1.00. The average Bonchev–Trinajstić information content (AvgIpc) is 2.08. The monoisotopic (exact) mass is 211 g/mol. The van der Waals surface area contributed by atoms with Crippen molar-refractivity contribution >= 4 is 0 Å². The highest BCUT2D eigenvalue weighted by molar-refractivity contribution is 4.89. The van der Waals surface area contributed by atoms with Crippen molar-refractivity contribution in [2.75, 3.05) is 7.05 Å². The lowest BCUT2D eigenvalue weighted by atomic mass is 9.64. The molecule has 0 amide bonds. The van der Waals surface area contributed by atoms with Gasteiger partial charge in [-0.05, 0) is 49.5 Å². The quantitative estimate of drug-likeness (QED) is 0.750. The van der Waals surface area contributed by atoms with Gasteiger partial charge in [-0.2, -0.15) is 0 Å². The summed E-state index contributed by atoms with van der Waals surface area (Å²) in [6, 6.07) is 0.705. The van der Waals surface area contributed by atoms with Crippen molar-refractivity contribution in [1.82, 2.24) is 5.32 Å². The van der Waals surface area contributed by atoms with Gasteiger partial charge < -0.3 is 5.32 Å². The standard InChI is InChI=1S/C14H29N/c1-10(2)13(15-6)12-7-8-14(4,5)9-11(12)3/h10-13,15H,7-9H2,1-6H3. The van der Waals surface area contributed by atoms with E-state index in [4.69, 9.17) is 0 Å². The molecule has 1 N–H and O–H groups in total. The maximum absolute atomic E-state index is 3.53. The second-order valence-corrected chi connectivity index (χ2v) is 6.61. The minimum atomic E-state index is 0.575. The zero-order valence-corrected chi connectivity index (χ0v) is 11.4. The molecular weight excluding hydrogens is 182 g/mol. The highest BCUT2D eigenvalue weighted by Crippen LogP contribution is 2.43. The summed E-state index contributed by atoms with van der Waals surface area (Å²) in [5, 5.41) is 3.53. The van der Waals surface area contributed by atoms with Gasteiger partial charge >= 0.3 is 0 Å². The molecule has 1 nitrogen and oxygen atoms in total. The smallest absolute Gasteiger partial charge is 0.0118 e. The van der Waals surface area contributed by atoms with Gasteiger partial charge in [-0.1, -0.05) is 34.6 Å². The van der Waals surface area contributed by atoms with Crippen molar-refractivity contribution in [3.05, 3.63) is 0 Å². The third-order valence-electron chi connectivity index (χ3n) is 4.27. The Labute approximate surface area is 96.0 Å². The molecule has 1 rings (SSSR count). The fourth-order valence-electron chi connectivity index (χ4n) is 3.54. The zero-order valence-electron chi connectivity index (χ0n) is 11.4. The Morgan fingerprint density at radius 2 is 1.87 bits per heavy atom. The van der Waals surface area contributed by atoms with Crippen LogP contribution in [-0.2, 0) is 0 Å². The number of hydrogen-bond acceptors (Lipinski definition) is 1. The highest BCUT2D eigenvalue weighted by atomic mass is 14.9. The Hall–Kier alpha value is -0.0400. The second-order valence-electron chi connectivity index (χ2n) is 6.61. The van der Waals surface area contributed by atoms with Gasteiger partial charge in [-0.3, -0.25) is 0 Å². The summed E-state index contributed by atoms with van der Waals surface area (Å²) in [6.07, 6.45) is 4.19. The van der Waals surface area contributed by atoms with Gasteiger partial charge in [-0.25, -0.2) is 0 Å². The highest BCUT2D eigenvalue weighted by Gasteiger charge is 2.36. The van der Waals surface area contributed by atoms with E-state index in [1.54, 1.807) is 0 Å². The molecule has 0 radical (unpaired) electrons. The van der Waals surface area contributed by atoms with Crippen LogP contribution in [0.1, 0.15) is 53.9 Å². The topological polar surface area (TPSA) is 12.0 Å². The van der Waals surface area contributed by atoms with Crippen LogP contribution in [0.25, 0.3) is 0 Å². The Morgan fingerprint density at radius 3 is 2.27 bits per heavy atom. The Kier molecular flexibility index (Phi) is 4.22. The maximum atomic E-state index is 3.53. The average molecular weight is 211 g/mol. The van der Waals surface area contributed by atoms with Crippen LogP contribution in [-0.4, -0.2) is 13.1 Å². The fourth-order valence-corrected chi connectivity index (χ4v) is 3.54. The predicted molar refractivity (Wildman–Crippen MR) is 68.0 cm³/mol. The molecule has 15 heavy (non-hydrogen) atoms. The molecule has 1 aliphatic carbocycles. The maximum Gasteiger partial charge on any atom is 0.0118 e. The first-order valence-corrected chi connectivity index (χ1v) is 6.54. The van der Waals surface area contributed by atoms with Crippen molar-refractivity contribution in [2.24, 2.45) is 23.2 Å². The van der Waals surface area contributed by atoms with Crippen LogP contribution in [0.15, 0.2) is 0 Å². The summed E-state index contributed by atoms with van der Waals surface area (Å²) in [7, 11) is 2.12. The predicted octanol–water partition coefficient (Wildman–Crippen LogP) is 3.69. The molecule has 0 aromatic heterocycles. The number of nitrogens with one attached hydrogen (secondary N) is 1. The molecule has 1 heteroatoms. The molecule has 3 unspecified atom stereocenters. The molecule has 1 saturated carbocycles. The molecule has 0 aromatic rings. The lowest BCUT2D eigenvalue weighted by Gasteiger charge is -2.43.